The van der Waals surface area contributed by atoms with Gasteiger partial charge in [0.05, 0.1) is 16.0 Å². The van der Waals surface area contributed by atoms with Crippen LogP contribution in [0.3, 0.4) is 0 Å². The van der Waals surface area contributed by atoms with E-state index in [1.54, 1.807) is 45.0 Å². The third kappa shape index (κ3) is 5.02. The van der Waals surface area contributed by atoms with Gasteiger partial charge >= 0.3 is 11.9 Å². The van der Waals surface area contributed by atoms with E-state index in [4.69, 9.17) is 14.2 Å². The Morgan fingerprint density at radius 3 is 2.69 bits per heavy atom. The van der Waals surface area contributed by atoms with Gasteiger partial charge in [0, 0.05) is 23.6 Å². The summed E-state index contributed by atoms with van der Waals surface area (Å²) >= 11 is 3.36. The van der Waals surface area contributed by atoms with E-state index < -0.39 is 16.9 Å². The van der Waals surface area contributed by atoms with Crippen molar-refractivity contribution in [2.45, 2.75) is 27.2 Å². The molecule has 0 saturated heterocycles. The van der Waals surface area contributed by atoms with Gasteiger partial charge < -0.3 is 14.2 Å². The van der Waals surface area contributed by atoms with Gasteiger partial charge in [-0.25, -0.2) is 9.79 Å². The second-order valence-electron chi connectivity index (χ2n) is 6.69. The monoisotopic (exact) mass is 502 g/mol. The maximum atomic E-state index is 12.3. The van der Waals surface area contributed by atoms with Crippen molar-refractivity contribution in [1.29, 1.82) is 0 Å². The van der Waals surface area contributed by atoms with E-state index >= 15 is 0 Å². The van der Waals surface area contributed by atoms with Crippen LogP contribution in [0.1, 0.15) is 37.0 Å². The van der Waals surface area contributed by atoms with Gasteiger partial charge in [0.25, 0.3) is 5.69 Å². The molecule has 0 bridgehead atoms. The lowest BCUT2D eigenvalue weighted by atomic mass is 10.1. The number of nitro benzene ring substituents is 1. The molecule has 0 unspecified atom stereocenters. The first-order valence-corrected chi connectivity index (χ1v) is 10.5. The highest BCUT2D eigenvalue weighted by Gasteiger charge is 2.26. The van der Waals surface area contributed by atoms with Gasteiger partial charge in [-0.1, -0.05) is 13.0 Å². The van der Waals surface area contributed by atoms with Crippen LogP contribution in [0.25, 0.3) is 6.08 Å². The first-order chi connectivity index (χ1) is 15.2. The Balaban J connectivity index is 1.98. The number of ether oxygens (including phenoxy) is 3. The van der Waals surface area contributed by atoms with Crippen LogP contribution in [-0.2, 0) is 14.3 Å². The number of halogens is 1. The van der Waals surface area contributed by atoms with Crippen LogP contribution in [0, 0.1) is 17.0 Å². The predicted molar refractivity (Wildman–Crippen MR) is 120 cm³/mol. The average molecular weight is 503 g/mol. The van der Waals surface area contributed by atoms with Gasteiger partial charge in [0.2, 0.25) is 5.90 Å². The molecule has 0 aromatic heterocycles. The molecule has 1 aliphatic rings. The molecule has 9 nitrogen and oxygen atoms in total. The van der Waals surface area contributed by atoms with Gasteiger partial charge in [-0.3, -0.25) is 14.9 Å². The summed E-state index contributed by atoms with van der Waals surface area (Å²) in [7, 11) is 0. The summed E-state index contributed by atoms with van der Waals surface area (Å²) in [5.41, 5.74) is 1.26. The topological polar surface area (TPSA) is 117 Å². The number of benzene rings is 2. The average Bonchev–Trinajstić information content (AvgIpc) is 3.10. The van der Waals surface area contributed by atoms with E-state index in [-0.39, 0.29) is 29.5 Å². The number of carbonyl (C=O) groups is 2. The molecular weight excluding hydrogens is 484 g/mol. The number of nitrogens with zero attached hydrogens (tertiary/aromatic N) is 2. The molecule has 0 saturated carbocycles. The molecule has 0 fully saturated rings. The molecule has 1 aliphatic heterocycles. The number of cyclic esters (lactones) is 1. The van der Waals surface area contributed by atoms with E-state index in [9.17, 15) is 19.7 Å². The molecule has 0 spiro atoms. The molecule has 166 valence electrons. The Morgan fingerprint density at radius 2 is 2.03 bits per heavy atom. The molecule has 2 aromatic carbocycles. The second kappa shape index (κ2) is 9.73. The van der Waals surface area contributed by atoms with Crippen LogP contribution >= 0.6 is 15.9 Å². The van der Waals surface area contributed by atoms with Crippen molar-refractivity contribution in [3.63, 3.8) is 0 Å². The van der Waals surface area contributed by atoms with Crippen LogP contribution < -0.4 is 9.47 Å². The number of hydrogen-bond donors (Lipinski definition) is 0. The highest BCUT2D eigenvalue weighted by molar-refractivity contribution is 9.10. The number of rotatable bonds is 7. The fraction of sp³-hybridized carbons (Fsp3) is 0.227. The van der Waals surface area contributed by atoms with E-state index in [2.05, 4.69) is 20.9 Å². The van der Waals surface area contributed by atoms with Crippen molar-refractivity contribution in [2.24, 2.45) is 4.99 Å². The fourth-order valence-electron chi connectivity index (χ4n) is 2.85. The standard InChI is InChI=1S/C22H19BrN2O7/c1-4-19(26)31-20-15(23)8-13(10-18(20)30-5-2)9-16-22(27)32-21(24-16)14-7-6-12(3)17(11-14)25(28)29/h6-11H,4-5H2,1-3H3/b16-9-. The predicted octanol–water partition coefficient (Wildman–Crippen LogP) is 4.72. The zero-order chi connectivity index (χ0) is 23.4. The third-order valence-electron chi connectivity index (χ3n) is 4.41. The zero-order valence-electron chi connectivity index (χ0n) is 17.5. The van der Waals surface area contributed by atoms with Crippen molar-refractivity contribution in [1.82, 2.24) is 0 Å². The minimum absolute atomic E-state index is 0.0101. The summed E-state index contributed by atoms with van der Waals surface area (Å²) in [5, 5.41) is 11.2. The number of aryl methyl sites for hydroxylation is 1. The summed E-state index contributed by atoms with van der Waals surface area (Å²) in [6, 6.07) is 7.72. The van der Waals surface area contributed by atoms with Crippen molar-refractivity contribution in [2.75, 3.05) is 6.61 Å². The molecular formula is C22H19BrN2O7. The van der Waals surface area contributed by atoms with E-state index in [1.165, 1.54) is 12.1 Å². The zero-order valence-corrected chi connectivity index (χ0v) is 19.1. The molecule has 0 radical (unpaired) electrons. The number of nitro groups is 1. The molecule has 1 heterocycles. The summed E-state index contributed by atoms with van der Waals surface area (Å²) in [6.07, 6.45) is 1.68. The lowest BCUT2D eigenvalue weighted by Crippen LogP contribution is -2.08. The highest BCUT2D eigenvalue weighted by atomic mass is 79.9. The van der Waals surface area contributed by atoms with E-state index in [0.717, 1.165) is 0 Å². The van der Waals surface area contributed by atoms with Crippen LogP contribution in [-0.4, -0.2) is 29.4 Å². The van der Waals surface area contributed by atoms with E-state index in [1.807, 2.05) is 0 Å². The van der Waals surface area contributed by atoms with Gasteiger partial charge in [0.1, 0.15) is 0 Å². The van der Waals surface area contributed by atoms with E-state index in [0.29, 0.717) is 33.5 Å². The van der Waals surface area contributed by atoms with Crippen LogP contribution in [0.2, 0.25) is 0 Å². The Kier molecular flexibility index (Phi) is 7.04. The molecule has 2 aromatic rings. The lowest BCUT2D eigenvalue weighted by molar-refractivity contribution is -0.385. The quantitative estimate of drug-likeness (QED) is 0.176. The normalized spacial score (nSPS) is 14.2. The van der Waals surface area contributed by atoms with Crippen molar-refractivity contribution < 1.29 is 28.7 Å². The maximum Gasteiger partial charge on any atom is 0.363 e. The Labute approximate surface area is 192 Å². The number of carbonyl (C=O) groups excluding carboxylic acids is 2. The smallest absolute Gasteiger partial charge is 0.363 e. The summed E-state index contributed by atoms with van der Waals surface area (Å²) < 4.78 is 16.6. The second-order valence-corrected chi connectivity index (χ2v) is 7.54. The molecule has 32 heavy (non-hydrogen) atoms. The number of esters is 2. The number of hydrogen-bond acceptors (Lipinski definition) is 8. The summed E-state index contributed by atoms with van der Waals surface area (Å²) in [6.45, 7) is 5.42. The fourth-order valence-corrected chi connectivity index (χ4v) is 3.39. The van der Waals surface area contributed by atoms with Gasteiger partial charge in [0.15, 0.2) is 17.2 Å². The van der Waals surface area contributed by atoms with Crippen LogP contribution in [0.4, 0.5) is 5.69 Å². The SMILES string of the molecule is CCOc1cc(/C=C2\N=C(c3ccc(C)c([N+](=O)[O-])c3)OC2=O)cc(Br)c1OC(=O)CC. The van der Waals surface area contributed by atoms with Crippen molar-refractivity contribution >= 4 is 45.5 Å². The number of aliphatic imine (C=N–C) groups is 1. The minimum Gasteiger partial charge on any atom is -0.490 e. The maximum absolute atomic E-state index is 12.3. The van der Waals surface area contributed by atoms with Crippen molar-refractivity contribution in [3.8, 4) is 11.5 Å². The summed E-state index contributed by atoms with van der Waals surface area (Å²) in [5.74, 6) is -0.578. The molecule has 10 heteroatoms. The van der Waals surface area contributed by atoms with Crippen molar-refractivity contribution in [3.05, 3.63) is 67.3 Å². The molecule has 0 N–H and O–H groups in total. The Bertz CT molecular complexity index is 1170. The first-order valence-electron chi connectivity index (χ1n) is 9.68. The minimum atomic E-state index is -0.696. The van der Waals surface area contributed by atoms with Crippen LogP contribution in [0.15, 0.2) is 45.5 Å². The highest BCUT2D eigenvalue weighted by Crippen LogP contribution is 2.38. The molecule has 0 aliphatic carbocycles. The lowest BCUT2D eigenvalue weighted by Gasteiger charge is -2.13. The summed E-state index contributed by atoms with van der Waals surface area (Å²) in [4.78, 5) is 38.9. The molecule has 0 atom stereocenters. The Morgan fingerprint density at radius 1 is 1.28 bits per heavy atom. The largest absolute Gasteiger partial charge is 0.490 e. The third-order valence-corrected chi connectivity index (χ3v) is 5.00. The van der Waals surface area contributed by atoms with Gasteiger partial charge in [-0.05, 0) is 59.6 Å². The molecule has 0 amide bonds. The van der Waals surface area contributed by atoms with Gasteiger partial charge in [-0.15, -0.1) is 0 Å². The first kappa shape index (κ1) is 23.1. The van der Waals surface area contributed by atoms with Gasteiger partial charge in [-0.2, -0.15) is 0 Å². The Hall–Kier alpha value is -3.53. The molecule has 3 rings (SSSR count). The van der Waals surface area contributed by atoms with Crippen LogP contribution in [0.5, 0.6) is 11.5 Å².